The van der Waals surface area contributed by atoms with Crippen molar-refractivity contribution in [3.05, 3.63) is 0 Å². The van der Waals surface area contributed by atoms with Crippen molar-refractivity contribution in [3.63, 3.8) is 0 Å². The molecule has 0 spiro atoms. The van der Waals surface area contributed by atoms with Crippen LogP contribution in [0.3, 0.4) is 0 Å². The van der Waals surface area contributed by atoms with Crippen LogP contribution in [-0.4, -0.2) is 13.3 Å². The molecular formula is CH5INO3S-. The van der Waals surface area contributed by atoms with Gasteiger partial charge in [0.25, 0.3) is 0 Å². The number of alkyl halides is 1. The van der Waals surface area contributed by atoms with Crippen LogP contribution >= 0.6 is 0 Å². The molecule has 0 unspecified atom stereocenters. The molecule has 0 aliphatic rings. The topological polar surface area (TPSA) is 69.4 Å². The summed E-state index contributed by atoms with van der Waals surface area (Å²) < 4.78 is 23.7. The van der Waals surface area contributed by atoms with Crippen molar-refractivity contribution >= 4 is 7.29 Å². The summed E-state index contributed by atoms with van der Waals surface area (Å²) in [6.07, 6.45) is 0. The summed E-state index contributed by atoms with van der Waals surface area (Å²) in [7, 11) is -3.27. The van der Waals surface area contributed by atoms with E-state index in [-0.39, 0.29) is 0 Å². The second-order valence-electron chi connectivity index (χ2n) is 0.644. The standard InChI is InChI=1S/CH5INO3S/c1-2-7(4,5)6-3/h3H2,1H3/q-1. The van der Waals surface area contributed by atoms with E-state index in [9.17, 15) is 8.42 Å². The molecule has 0 fully saturated rings. The fourth-order valence-electron chi connectivity index (χ4n) is 0.0364. The van der Waals surface area contributed by atoms with E-state index in [0.717, 1.165) is 0 Å². The normalized spacial score (nSPS) is 12.3. The van der Waals surface area contributed by atoms with Gasteiger partial charge in [0.2, 0.25) is 0 Å². The van der Waals surface area contributed by atoms with E-state index in [1.165, 1.54) is 0 Å². The molecule has 0 rings (SSSR count). The van der Waals surface area contributed by atoms with Crippen LogP contribution in [0, 0.1) is 0 Å². The zero-order valence-electron chi connectivity index (χ0n) is 3.59. The minimum absolute atomic E-state index is 0.914. The predicted octanol–water partition coefficient (Wildman–Crippen LogP) is -4.16. The minimum atomic E-state index is -3.27. The van der Waals surface area contributed by atoms with Gasteiger partial charge in [-0.05, 0) is 0 Å². The molecule has 0 aromatic carbocycles. The van der Waals surface area contributed by atoms with Gasteiger partial charge < -0.3 is 0 Å². The van der Waals surface area contributed by atoms with E-state index in [2.05, 4.69) is 10.2 Å². The Labute approximate surface area is 50.8 Å². The van der Waals surface area contributed by atoms with E-state index < -0.39 is 27.1 Å². The molecule has 4 nitrogen and oxygen atoms in total. The SMILES string of the molecule is C[I-]S(=O)(=O)ON. The summed E-state index contributed by atoms with van der Waals surface area (Å²) in [5.74, 6) is 4.36. The molecule has 0 saturated heterocycles. The molecule has 0 atom stereocenters. The zero-order valence-corrected chi connectivity index (χ0v) is 6.56. The van der Waals surface area contributed by atoms with Crippen LogP contribution in [0.1, 0.15) is 0 Å². The van der Waals surface area contributed by atoms with Crippen molar-refractivity contribution in [2.45, 2.75) is 0 Å². The van der Waals surface area contributed by atoms with Gasteiger partial charge >= 0.3 is 50.6 Å². The Kier molecular flexibility index (Phi) is 3.04. The summed E-state index contributed by atoms with van der Waals surface area (Å²) in [6, 6.07) is 0. The molecule has 0 bridgehead atoms. The van der Waals surface area contributed by atoms with Gasteiger partial charge in [-0.25, -0.2) is 0 Å². The van der Waals surface area contributed by atoms with Crippen molar-refractivity contribution in [1.82, 2.24) is 0 Å². The third kappa shape index (κ3) is 3.21. The molecule has 7 heavy (non-hydrogen) atoms. The monoisotopic (exact) mass is 238 g/mol. The quantitative estimate of drug-likeness (QED) is 0.229. The zero-order chi connectivity index (χ0) is 5.91. The van der Waals surface area contributed by atoms with Crippen molar-refractivity contribution in [3.8, 4) is 0 Å². The van der Waals surface area contributed by atoms with Gasteiger partial charge in [-0.2, -0.15) is 0 Å². The summed E-state index contributed by atoms with van der Waals surface area (Å²) in [4.78, 5) is 1.56. The van der Waals surface area contributed by atoms with Gasteiger partial charge in [0, 0.05) is 0 Å². The Balaban J connectivity index is 3.89. The van der Waals surface area contributed by atoms with Gasteiger partial charge in [0.1, 0.15) is 0 Å². The summed E-state index contributed by atoms with van der Waals surface area (Å²) >= 11 is -0.914. The molecule has 0 saturated carbocycles. The van der Waals surface area contributed by atoms with Crippen LogP contribution in [-0.2, 0) is 11.6 Å². The van der Waals surface area contributed by atoms with E-state index in [1.54, 1.807) is 4.93 Å². The van der Waals surface area contributed by atoms with Crippen molar-refractivity contribution < 1.29 is 32.5 Å². The predicted molar refractivity (Wildman–Crippen MR) is 20.1 cm³/mol. The van der Waals surface area contributed by atoms with Crippen LogP contribution < -0.4 is 25.7 Å². The Morgan fingerprint density at radius 2 is 2.14 bits per heavy atom. The second-order valence-corrected chi connectivity index (χ2v) is 7.81. The molecular weight excluding hydrogens is 233 g/mol. The summed E-state index contributed by atoms with van der Waals surface area (Å²) in [6.45, 7) is 0. The van der Waals surface area contributed by atoms with E-state index in [0.29, 0.717) is 0 Å². The molecule has 0 aromatic heterocycles. The van der Waals surface area contributed by atoms with Gasteiger partial charge in [0.15, 0.2) is 0 Å². The first-order chi connectivity index (χ1) is 3.12. The first-order valence-corrected chi connectivity index (χ1v) is 7.38. The van der Waals surface area contributed by atoms with Gasteiger partial charge in [0.05, 0.1) is 0 Å². The molecule has 6 heteroatoms. The number of halogens is 1. The Hall–Kier alpha value is 0.600. The molecule has 0 aliphatic carbocycles. The summed E-state index contributed by atoms with van der Waals surface area (Å²) in [5, 5.41) is 0. The van der Waals surface area contributed by atoms with E-state index in [1.807, 2.05) is 0 Å². The average molecular weight is 238 g/mol. The number of hydrogen-bond donors (Lipinski definition) is 1. The molecule has 0 amide bonds. The third-order valence-electron chi connectivity index (χ3n) is 0.304. The summed E-state index contributed by atoms with van der Waals surface area (Å²) in [5.41, 5.74) is 0. The molecule has 0 aliphatic heterocycles. The first-order valence-electron chi connectivity index (χ1n) is 1.27. The maximum atomic E-state index is 10.1. The van der Waals surface area contributed by atoms with E-state index >= 15 is 0 Å². The van der Waals surface area contributed by atoms with Gasteiger partial charge in [-0.1, -0.05) is 0 Å². The van der Waals surface area contributed by atoms with Crippen LogP contribution in [0.15, 0.2) is 0 Å². The van der Waals surface area contributed by atoms with Crippen molar-refractivity contribution in [1.29, 1.82) is 0 Å². The number of nitrogens with two attached hydrogens (primary N) is 1. The molecule has 0 aromatic rings. The fourth-order valence-corrected chi connectivity index (χ4v) is 0.732. The fraction of sp³-hybridized carbons (Fsp3) is 1.00. The van der Waals surface area contributed by atoms with Crippen molar-refractivity contribution in [2.75, 3.05) is 4.93 Å². The molecule has 0 radical (unpaired) electrons. The maximum absolute atomic E-state index is 10.1. The Morgan fingerprint density at radius 3 is 2.14 bits per heavy atom. The van der Waals surface area contributed by atoms with E-state index in [4.69, 9.17) is 0 Å². The first kappa shape index (κ1) is 7.60. The number of hydrogen-bond acceptors (Lipinski definition) is 4. The van der Waals surface area contributed by atoms with Crippen molar-refractivity contribution in [2.24, 2.45) is 5.90 Å². The molecule has 46 valence electrons. The number of rotatable bonds is 2. The van der Waals surface area contributed by atoms with Crippen LogP contribution in [0.25, 0.3) is 0 Å². The second kappa shape index (κ2) is 2.80. The van der Waals surface area contributed by atoms with Crippen LogP contribution in [0.2, 0.25) is 0 Å². The van der Waals surface area contributed by atoms with Crippen LogP contribution in [0.4, 0.5) is 0 Å². The van der Waals surface area contributed by atoms with Crippen LogP contribution in [0.5, 0.6) is 0 Å². The van der Waals surface area contributed by atoms with Gasteiger partial charge in [-0.3, -0.25) is 0 Å². The Bertz CT molecular complexity index is 118. The van der Waals surface area contributed by atoms with Gasteiger partial charge in [-0.15, -0.1) is 0 Å². The Morgan fingerprint density at radius 1 is 1.71 bits per heavy atom. The average Bonchev–Trinajstić information content (AvgIpc) is 1.68. The molecule has 2 N–H and O–H groups in total. The molecule has 0 heterocycles. The third-order valence-corrected chi connectivity index (χ3v) is 4.77.